The molecule has 1 aliphatic heterocycles. The van der Waals surface area contributed by atoms with Crippen molar-refractivity contribution in [1.29, 1.82) is 0 Å². The van der Waals surface area contributed by atoms with Gasteiger partial charge in [-0.15, -0.1) is 0 Å². The first-order chi connectivity index (χ1) is 18.8. The number of ether oxygens (including phenoxy) is 2. The minimum atomic E-state index is -1.13. The Morgan fingerprint density at radius 3 is 2.25 bits per heavy atom. The van der Waals surface area contributed by atoms with Gasteiger partial charge in [-0.2, -0.15) is 0 Å². The number of carboxylic acids is 1. The van der Waals surface area contributed by atoms with Crippen molar-refractivity contribution in [1.82, 2.24) is 4.98 Å². The van der Waals surface area contributed by atoms with Crippen LogP contribution in [0.15, 0.2) is 42.0 Å². The number of nitrogens with zero attached hydrogens (tertiary/aromatic N) is 2. The summed E-state index contributed by atoms with van der Waals surface area (Å²) < 4.78 is 10.1. The summed E-state index contributed by atoms with van der Waals surface area (Å²) in [5, 5.41) is 19.3. The van der Waals surface area contributed by atoms with Gasteiger partial charge in [-0.1, -0.05) is 40.6 Å². The number of halogens is 2. The van der Waals surface area contributed by atoms with Gasteiger partial charge in [0, 0.05) is 22.5 Å². The minimum absolute atomic E-state index is 0.0796. The van der Waals surface area contributed by atoms with Crippen LogP contribution in [0.25, 0.3) is 5.76 Å². The number of carboxylic acid groups (broad SMARTS) is 1. The van der Waals surface area contributed by atoms with E-state index < -0.39 is 29.7 Å². The third-order valence-electron chi connectivity index (χ3n) is 5.73. The highest BCUT2D eigenvalue weighted by molar-refractivity contribution is 7.17. The molecule has 13 heteroatoms. The fourth-order valence-electron chi connectivity index (χ4n) is 4.00. The van der Waals surface area contributed by atoms with Crippen LogP contribution in [0.2, 0.25) is 10.0 Å². The number of Topliss-reactive ketones (excluding diaryl/α,β-unsaturated/α-hetero) is 1. The Morgan fingerprint density at radius 1 is 1.05 bits per heavy atom. The Bertz CT molecular complexity index is 1550. The molecular formula is C27H24Cl2N2O8S. The van der Waals surface area contributed by atoms with E-state index >= 15 is 0 Å². The predicted octanol–water partition coefficient (Wildman–Crippen LogP) is 5.58. The van der Waals surface area contributed by atoms with Gasteiger partial charge in [0.1, 0.15) is 16.4 Å². The van der Waals surface area contributed by atoms with E-state index in [2.05, 4.69) is 4.98 Å². The number of aliphatic hydroxyl groups is 1. The summed E-state index contributed by atoms with van der Waals surface area (Å²) in [7, 11) is 2.76. The summed E-state index contributed by atoms with van der Waals surface area (Å²) in [4.78, 5) is 53.5. The average molecular weight is 607 g/mol. The van der Waals surface area contributed by atoms with E-state index in [1.54, 1.807) is 44.2 Å². The average Bonchev–Trinajstić information content (AvgIpc) is 3.39. The van der Waals surface area contributed by atoms with E-state index in [0.29, 0.717) is 27.6 Å². The summed E-state index contributed by atoms with van der Waals surface area (Å²) in [6.07, 6.45) is 0. The summed E-state index contributed by atoms with van der Waals surface area (Å²) in [6.45, 7) is 4.46. The van der Waals surface area contributed by atoms with Crippen molar-refractivity contribution in [2.75, 3.05) is 19.1 Å². The molecule has 4 rings (SSSR count). The third-order valence-corrected chi connectivity index (χ3v) is 7.43. The zero-order valence-electron chi connectivity index (χ0n) is 21.9. The maximum atomic E-state index is 13.3. The van der Waals surface area contributed by atoms with Gasteiger partial charge in [-0.3, -0.25) is 19.3 Å². The monoisotopic (exact) mass is 606 g/mol. The fourth-order valence-corrected chi connectivity index (χ4v) is 5.52. The van der Waals surface area contributed by atoms with Gasteiger partial charge in [-0.05, 0) is 55.3 Å². The Kier molecular flexibility index (Phi) is 9.56. The zero-order valence-corrected chi connectivity index (χ0v) is 24.3. The molecule has 1 saturated heterocycles. The maximum absolute atomic E-state index is 13.3. The lowest BCUT2D eigenvalue weighted by Gasteiger charge is -2.24. The maximum Gasteiger partial charge on any atom is 0.350 e. The lowest BCUT2D eigenvalue weighted by atomic mass is 9.95. The second-order valence-electron chi connectivity index (χ2n) is 8.44. The SMILES string of the molecule is CC(=O)O.COC(=O)c1sc(N2C(=O)C(=O)/C(=C(/O)c3ccc(OC)c(C)c3)C2c2ccc(Cl)cc2Cl)nc1C. The van der Waals surface area contributed by atoms with Gasteiger partial charge in [0.15, 0.2) is 5.13 Å². The van der Waals surface area contributed by atoms with Crippen LogP contribution >= 0.6 is 34.5 Å². The molecule has 1 unspecified atom stereocenters. The van der Waals surface area contributed by atoms with Crippen LogP contribution < -0.4 is 9.64 Å². The van der Waals surface area contributed by atoms with Gasteiger partial charge in [-0.25, -0.2) is 9.78 Å². The van der Waals surface area contributed by atoms with Crippen molar-refractivity contribution >= 4 is 69.1 Å². The standard InChI is InChI=1S/C25H20Cl2N2O6S.C2H4O2/c1-11-9-13(5-8-17(11)34-3)20(30)18-19(15-7-6-14(26)10-16(15)27)29(23(32)21(18)31)25-28-12(2)22(36-25)24(33)35-4;1-2(3)4/h5-10,19,30H,1-4H3;1H3,(H,3,4)/b20-18+;. The molecule has 3 aromatic rings. The van der Waals surface area contributed by atoms with Crippen LogP contribution in [-0.4, -0.2) is 53.0 Å². The van der Waals surface area contributed by atoms with Gasteiger partial charge in [0.05, 0.1) is 31.5 Å². The number of aryl methyl sites for hydroxylation is 2. The first kappa shape index (κ1) is 30.6. The van der Waals surface area contributed by atoms with Gasteiger partial charge in [0.2, 0.25) is 0 Å². The van der Waals surface area contributed by atoms with Crippen LogP contribution in [0, 0.1) is 13.8 Å². The summed E-state index contributed by atoms with van der Waals surface area (Å²) in [5.74, 6) is -3.10. The molecule has 1 fully saturated rings. The number of benzene rings is 2. The molecule has 40 heavy (non-hydrogen) atoms. The highest BCUT2D eigenvalue weighted by Gasteiger charge is 2.49. The highest BCUT2D eigenvalue weighted by atomic mass is 35.5. The molecule has 0 bridgehead atoms. The molecule has 210 valence electrons. The number of esters is 1. The zero-order chi connectivity index (χ0) is 29.9. The Balaban J connectivity index is 0.00000103. The van der Waals surface area contributed by atoms with E-state index in [0.717, 1.165) is 28.7 Å². The summed E-state index contributed by atoms with van der Waals surface area (Å²) in [6, 6.07) is 8.35. The second kappa shape index (κ2) is 12.5. The molecule has 10 nitrogen and oxygen atoms in total. The number of ketones is 1. The molecule has 2 aromatic carbocycles. The number of carbonyl (C=O) groups excluding carboxylic acids is 3. The molecule has 0 saturated carbocycles. The van der Waals surface area contributed by atoms with Crippen molar-refractivity contribution in [3.05, 3.63) is 79.3 Å². The van der Waals surface area contributed by atoms with E-state index in [1.165, 1.54) is 20.3 Å². The van der Waals surface area contributed by atoms with Crippen molar-refractivity contribution < 1.29 is 38.9 Å². The lowest BCUT2D eigenvalue weighted by molar-refractivity contribution is -0.134. The molecule has 1 aromatic heterocycles. The van der Waals surface area contributed by atoms with Gasteiger partial charge in [0.25, 0.3) is 11.8 Å². The summed E-state index contributed by atoms with van der Waals surface area (Å²) >= 11 is 13.5. The Hall–Kier alpha value is -3.93. The molecule has 2 heterocycles. The highest BCUT2D eigenvalue weighted by Crippen LogP contribution is 2.46. The first-order valence-corrected chi connectivity index (χ1v) is 13.1. The molecular weight excluding hydrogens is 583 g/mol. The van der Waals surface area contributed by atoms with E-state index in [-0.39, 0.29) is 26.4 Å². The number of aliphatic carboxylic acids is 1. The Morgan fingerprint density at radius 2 is 1.70 bits per heavy atom. The van der Waals surface area contributed by atoms with Crippen LogP contribution in [0.4, 0.5) is 5.13 Å². The molecule has 0 aliphatic carbocycles. The number of aliphatic hydroxyl groups excluding tert-OH is 1. The largest absolute Gasteiger partial charge is 0.507 e. The first-order valence-electron chi connectivity index (χ1n) is 11.5. The number of carbonyl (C=O) groups is 4. The second-order valence-corrected chi connectivity index (χ2v) is 10.3. The molecule has 1 aliphatic rings. The van der Waals surface area contributed by atoms with Crippen LogP contribution in [0.5, 0.6) is 5.75 Å². The number of hydrogen-bond acceptors (Lipinski definition) is 9. The van der Waals surface area contributed by atoms with Crippen LogP contribution in [0.3, 0.4) is 0 Å². The number of amides is 1. The summed E-state index contributed by atoms with van der Waals surface area (Å²) in [5.41, 5.74) is 1.53. The number of rotatable bonds is 5. The fraction of sp³-hybridized carbons (Fsp3) is 0.222. The normalized spacial score (nSPS) is 15.9. The van der Waals surface area contributed by atoms with Gasteiger partial charge >= 0.3 is 11.9 Å². The number of methoxy groups -OCH3 is 2. The van der Waals surface area contributed by atoms with E-state index in [1.807, 2.05) is 0 Å². The smallest absolute Gasteiger partial charge is 0.350 e. The number of hydrogen-bond donors (Lipinski definition) is 2. The number of thiazole rings is 1. The predicted molar refractivity (Wildman–Crippen MR) is 150 cm³/mol. The van der Waals surface area contributed by atoms with Crippen molar-refractivity contribution in [2.24, 2.45) is 0 Å². The van der Waals surface area contributed by atoms with Crippen LogP contribution in [0.1, 0.15) is 45.0 Å². The van der Waals surface area contributed by atoms with Crippen molar-refractivity contribution in [3.8, 4) is 5.75 Å². The van der Waals surface area contributed by atoms with Gasteiger partial charge < -0.3 is 19.7 Å². The van der Waals surface area contributed by atoms with E-state index in [9.17, 15) is 19.5 Å². The van der Waals surface area contributed by atoms with E-state index in [4.69, 9.17) is 42.6 Å². The molecule has 1 atom stereocenters. The molecule has 2 N–H and O–H groups in total. The Labute approximate surface area is 243 Å². The minimum Gasteiger partial charge on any atom is -0.507 e. The van der Waals surface area contributed by atoms with Crippen LogP contribution in [-0.2, 0) is 19.1 Å². The third kappa shape index (κ3) is 6.11. The lowest BCUT2D eigenvalue weighted by Crippen LogP contribution is -2.29. The topological polar surface area (TPSA) is 143 Å². The molecule has 0 spiro atoms. The number of anilines is 1. The number of aromatic nitrogens is 1. The van der Waals surface area contributed by atoms with Crippen molar-refractivity contribution in [3.63, 3.8) is 0 Å². The molecule has 0 radical (unpaired) electrons. The quantitative estimate of drug-likeness (QED) is 0.164. The van der Waals surface area contributed by atoms with Crippen molar-refractivity contribution in [2.45, 2.75) is 26.8 Å². The molecule has 1 amide bonds.